The maximum atomic E-state index is 12.3. The lowest BCUT2D eigenvalue weighted by molar-refractivity contribution is -0.117. The quantitative estimate of drug-likeness (QED) is 0.579. The lowest BCUT2D eigenvalue weighted by atomic mass is 9.92. The van der Waals surface area contributed by atoms with Crippen LogP contribution in [-0.2, 0) is 4.79 Å². The Kier molecular flexibility index (Phi) is 5.50. The van der Waals surface area contributed by atoms with Gasteiger partial charge in [0.1, 0.15) is 5.84 Å². The average Bonchev–Trinajstić information content (AvgIpc) is 2.48. The summed E-state index contributed by atoms with van der Waals surface area (Å²) in [6, 6.07) is 4.13. The molecular formula is C19H29N5O. The van der Waals surface area contributed by atoms with Gasteiger partial charge in [-0.1, -0.05) is 20.8 Å². The van der Waals surface area contributed by atoms with Crippen LogP contribution in [-0.4, -0.2) is 42.6 Å². The van der Waals surface area contributed by atoms with E-state index < -0.39 is 0 Å². The van der Waals surface area contributed by atoms with Gasteiger partial charge < -0.3 is 15.1 Å². The van der Waals surface area contributed by atoms with Crippen LogP contribution in [0.2, 0.25) is 0 Å². The van der Waals surface area contributed by atoms with Crippen LogP contribution >= 0.6 is 0 Å². The highest BCUT2D eigenvalue weighted by Gasteiger charge is 2.22. The van der Waals surface area contributed by atoms with Gasteiger partial charge in [-0.05, 0) is 42.5 Å². The highest BCUT2D eigenvalue weighted by Crippen LogP contribution is 2.29. The first-order valence-corrected chi connectivity index (χ1v) is 8.61. The second kappa shape index (κ2) is 7.25. The second-order valence-corrected chi connectivity index (χ2v) is 7.93. The van der Waals surface area contributed by atoms with E-state index in [1.54, 1.807) is 4.90 Å². The number of amidine groups is 1. The number of hydrogen-bond acceptors (Lipinski definition) is 4. The molecule has 0 unspecified atom stereocenters. The van der Waals surface area contributed by atoms with Crippen molar-refractivity contribution >= 4 is 29.5 Å². The fourth-order valence-corrected chi connectivity index (χ4v) is 3.06. The summed E-state index contributed by atoms with van der Waals surface area (Å²) in [5.41, 5.74) is 3.95. The first kappa shape index (κ1) is 19.0. The predicted molar refractivity (Wildman–Crippen MR) is 104 cm³/mol. The molecule has 1 saturated heterocycles. The lowest BCUT2D eigenvalue weighted by Gasteiger charge is -2.35. The number of carbonyl (C=O) groups is 1. The van der Waals surface area contributed by atoms with Crippen LogP contribution in [0.4, 0.5) is 11.4 Å². The van der Waals surface area contributed by atoms with E-state index in [-0.39, 0.29) is 11.3 Å². The van der Waals surface area contributed by atoms with Crippen molar-refractivity contribution < 1.29 is 4.79 Å². The normalized spacial score (nSPS) is 15.3. The van der Waals surface area contributed by atoms with E-state index in [4.69, 9.17) is 10.8 Å². The van der Waals surface area contributed by atoms with Crippen molar-refractivity contribution in [2.45, 2.75) is 41.0 Å². The molecule has 0 atom stereocenters. The van der Waals surface area contributed by atoms with E-state index in [0.717, 1.165) is 29.0 Å². The summed E-state index contributed by atoms with van der Waals surface area (Å²) in [5, 5.41) is 18.4. The van der Waals surface area contributed by atoms with Crippen molar-refractivity contribution in [2.24, 2.45) is 5.41 Å². The van der Waals surface area contributed by atoms with Gasteiger partial charge in [0.15, 0.2) is 0 Å². The van der Waals surface area contributed by atoms with Crippen LogP contribution < -0.4 is 10.2 Å². The zero-order valence-electron chi connectivity index (χ0n) is 15.9. The molecule has 1 heterocycles. The fourth-order valence-electron chi connectivity index (χ4n) is 3.06. The Hall–Kier alpha value is -2.37. The Balaban J connectivity index is 2.16. The third-order valence-electron chi connectivity index (χ3n) is 4.29. The molecule has 0 spiro atoms. The van der Waals surface area contributed by atoms with Gasteiger partial charge in [0, 0.05) is 30.9 Å². The third kappa shape index (κ3) is 4.81. The number of benzene rings is 1. The summed E-state index contributed by atoms with van der Waals surface area (Å²) < 4.78 is 0. The standard InChI is InChI=1S/C19H29N5O/c1-13-8-15(23-6-7-24(12-20)16(21)11-23)9-14(2)18(13)22-17(25)10-19(3,4)5/h8-9,12,20-21H,6-7,10-11H2,1-5H3,(H,22,25). The van der Waals surface area contributed by atoms with Crippen LogP contribution in [0, 0.1) is 30.1 Å². The summed E-state index contributed by atoms with van der Waals surface area (Å²) in [4.78, 5) is 16.0. The Bertz CT molecular complexity index is 667. The SMILES string of the molecule is Cc1cc(N2CCN(C=N)C(=N)C2)cc(C)c1NC(=O)CC(C)(C)C. The van der Waals surface area contributed by atoms with Gasteiger partial charge in [-0.25, -0.2) is 0 Å². The Morgan fingerprint density at radius 3 is 2.32 bits per heavy atom. The van der Waals surface area contributed by atoms with Gasteiger partial charge >= 0.3 is 0 Å². The van der Waals surface area contributed by atoms with E-state index >= 15 is 0 Å². The molecule has 0 radical (unpaired) electrons. The Morgan fingerprint density at radius 2 is 1.84 bits per heavy atom. The number of aryl methyl sites for hydroxylation is 2. The average molecular weight is 343 g/mol. The maximum Gasteiger partial charge on any atom is 0.224 e. The molecule has 1 aliphatic heterocycles. The number of amides is 1. The number of hydrogen-bond donors (Lipinski definition) is 3. The molecule has 1 aliphatic rings. The van der Waals surface area contributed by atoms with E-state index in [1.165, 1.54) is 6.34 Å². The molecule has 1 amide bonds. The van der Waals surface area contributed by atoms with E-state index in [0.29, 0.717) is 25.3 Å². The molecule has 1 aromatic rings. The molecule has 2 rings (SSSR count). The van der Waals surface area contributed by atoms with Crippen molar-refractivity contribution in [3.8, 4) is 0 Å². The molecule has 0 aliphatic carbocycles. The number of nitrogens with one attached hydrogen (secondary N) is 3. The molecule has 1 fully saturated rings. The van der Waals surface area contributed by atoms with Crippen LogP contribution in [0.3, 0.4) is 0 Å². The minimum Gasteiger partial charge on any atom is -0.362 e. The van der Waals surface area contributed by atoms with E-state index in [1.807, 2.05) is 13.8 Å². The van der Waals surface area contributed by atoms with Crippen LogP contribution in [0.1, 0.15) is 38.3 Å². The Morgan fingerprint density at radius 1 is 1.24 bits per heavy atom. The number of rotatable bonds is 4. The molecule has 6 nitrogen and oxygen atoms in total. The summed E-state index contributed by atoms with van der Waals surface area (Å²) >= 11 is 0. The van der Waals surface area contributed by atoms with Gasteiger partial charge in [0.2, 0.25) is 5.91 Å². The molecule has 3 N–H and O–H groups in total. The van der Waals surface area contributed by atoms with Crippen LogP contribution in [0.15, 0.2) is 12.1 Å². The first-order valence-electron chi connectivity index (χ1n) is 8.61. The smallest absolute Gasteiger partial charge is 0.224 e. The number of carbonyl (C=O) groups excluding carboxylic acids is 1. The molecule has 6 heteroatoms. The topological polar surface area (TPSA) is 83.3 Å². The lowest BCUT2D eigenvalue weighted by Crippen LogP contribution is -2.49. The summed E-state index contributed by atoms with van der Waals surface area (Å²) in [6.07, 6.45) is 1.69. The molecule has 0 bridgehead atoms. The highest BCUT2D eigenvalue weighted by molar-refractivity contribution is 5.94. The van der Waals surface area contributed by atoms with Crippen molar-refractivity contribution in [2.75, 3.05) is 29.9 Å². The van der Waals surface area contributed by atoms with Crippen molar-refractivity contribution in [1.29, 1.82) is 10.8 Å². The van der Waals surface area contributed by atoms with Crippen LogP contribution in [0.25, 0.3) is 0 Å². The molecule has 0 saturated carbocycles. The Labute approximate surface area is 150 Å². The molecule has 136 valence electrons. The number of nitrogens with zero attached hydrogens (tertiary/aromatic N) is 2. The molecular weight excluding hydrogens is 314 g/mol. The number of piperazine rings is 1. The van der Waals surface area contributed by atoms with Crippen molar-refractivity contribution in [1.82, 2.24) is 4.90 Å². The minimum absolute atomic E-state index is 0.0350. The summed E-state index contributed by atoms with van der Waals surface area (Å²) in [7, 11) is 0. The molecule has 0 aromatic heterocycles. The van der Waals surface area contributed by atoms with Gasteiger partial charge in [-0.2, -0.15) is 0 Å². The number of anilines is 2. The second-order valence-electron chi connectivity index (χ2n) is 7.93. The summed E-state index contributed by atoms with van der Waals surface area (Å²) in [6.45, 7) is 12.1. The predicted octanol–water partition coefficient (Wildman–Crippen LogP) is 3.38. The minimum atomic E-state index is -0.0409. The van der Waals surface area contributed by atoms with Crippen LogP contribution in [0.5, 0.6) is 0 Å². The third-order valence-corrected chi connectivity index (χ3v) is 4.29. The van der Waals surface area contributed by atoms with Gasteiger partial charge in [-0.15, -0.1) is 0 Å². The van der Waals surface area contributed by atoms with Gasteiger partial charge in [0.25, 0.3) is 0 Å². The van der Waals surface area contributed by atoms with Gasteiger partial charge in [-0.3, -0.25) is 15.6 Å². The fraction of sp³-hybridized carbons (Fsp3) is 0.526. The van der Waals surface area contributed by atoms with E-state index in [2.05, 4.69) is 43.1 Å². The van der Waals surface area contributed by atoms with Crippen molar-refractivity contribution in [3.63, 3.8) is 0 Å². The molecule has 25 heavy (non-hydrogen) atoms. The van der Waals surface area contributed by atoms with E-state index in [9.17, 15) is 4.79 Å². The molecule has 1 aromatic carbocycles. The first-order chi connectivity index (χ1) is 11.6. The zero-order chi connectivity index (χ0) is 18.8. The monoisotopic (exact) mass is 343 g/mol. The largest absolute Gasteiger partial charge is 0.362 e. The van der Waals surface area contributed by atoms with Crippen molar-refractivity contribution in [3.05, 3.63) is 23.3 Å². The maximum absolute atomic E-state index is 12.3. The summed E-state index contributed by atoms with van der Waals surface area (Å²) in [5.74, 6) is 0.465. The van der Waals surface area contributed by atoms with Gasteiger partial charge in [0.05, 0.1) is 12.9 Å². The highest BCUT2D eigenvalue weighted by atomic mass is 16.1. The zero-order valence-corrected chi connectivity index (χ0v) is 15.9.